The second kappa shape index (κ2) is 16.7. The lowest BCUT2D eigenvalue weighted by atomic mass is 10.0. The number of hydrogen-bond acceptors (Lipinski definition) is 8. The predicted octanol–water partition coefficient (Wildman–Crippen LogP) is 5.30. The van der Waals surface area contributed by atoms with Crippen LogP contribution in [-0.2, 0) is 12.7 Å². The number of carbonyl (C=O) groups is 1. The third kappa shape index (κ3) is 9.76. The summed E-state index contributed by atoms with van der Waals surface area (Å²) in [7, 11) is 3.97. The molecule has 5 rings (SSSR count). The van der Waals surface area contributed by atoms with Crippen LogP contribution >= 0.6 is 0 Å². The highest BCUT2D eigenvalue weighted by Gasteiger charge is 2.34. The first-order chi connectivity index (χ1) is 24.4. The Hall–Kier alpha value is -5.16. The lowest BCUT2D eigenvalue weighted by Gasteiger charge is -2.34. The number of likely N-dealkylation sites (N-methyl/N-ethyl adjacent to an activating group) is 2. The zero-order chi connectivity index (χ0) is 36.5. The fraction of sp³-hybridized carbons (Fsp3) is 0.342. The Morgan fingerprint density at radius 3 is 2.53 bits per heavy atom. The van der Waals surface area contributed by atoms with E-state index in [1.807, 2.05) is 53.5 Å². The van der Waals surface area contributed by atoms with Gasteiger partial charge in [0.2, 0.25) is 0 Å². The van der Waals surface area contributed by atoms with E-state index in [1.54, 1.807) is 30.6 Å². The summed E-state index contributed by atoms with van der Waals surface area (Å²) in [5, 5.41) is 5.91. The summed E-state index contributed by atoms with van der Waals surface area (Å²) in [6.07, 6.45) is 2.07. The molecule has 0 aliphatic carbocycles. The van der Waals surface area contributed by atoms with Gasteiger partial charge < -0.3 is 26.2 Å². The molecule has 13 heteroatoms. The van der Waals surface area contributed by atoms with Crippen LogP contribution in [0.1, 0.15) is 45.2 Å². The predicted molar refractivity (Wildman–Crippen MR) is 197 cm³/mol. The number of halogens is 3. The number of pyridine rings is 1. The smallest absolute Gasteiger partial charge is 0.403 e. The molecular formula is C38H44F3N9O. The molecule has 1 saturated heterocycles. The van der Waals surface area contributed by atoms with Crippen molar-refractivity contribution in [3.8, 4) is 11.8 Å². The zero-order valence-electron chi connectivity index (χ0n) is 29.4. The van der Waals surface area contributed by atoms with Crippen molar-refractivity contribution in [2.45, 2.75) is 26.6 Å². The molecule has 3 heterocycles. The van der Waals surface area contributed by atoms with Crippen molar-refractivity contribution >= 4 is 29.1 Å². The quantitative estimate of drug-likeness (QED) is 0.144. The van der Waals surface area contributed by atoms with Gasteiger partial charge in [-0.05, 0) is 81.0 Å². The van der Waals surface area contributed by atoms with Crippen LogP contribution in [0.2, 0.25) is 0 Å². The molecule has 1 amide bonds. The topological polar surface area (TPSA) is 107 Å². The third-order valence-electron chi connectivity index (χ3n) is 8.71. The number of anilines is 2. The van der Waals surface area contributed by atoms with Gasteiger partial charge in [-0.3, -0.25) is 19.1 Å². The van der Waals surface area contributed by atoms with Gasteiger partial charge in [-0.15, -0.1) is 0 Å². The van der Waals surface area contributed by atoms with Gasteiger partial charge in [0.05, 0.1) is 29.7 Å². The molecule has 0 radical (unpaired) electrons. The molecule has 0 saturated carbocycles. The average molecular weight is 700 g/mol. The number of allylic oxidation sites excluding steroid dienone is 1. The van der Waals surface area contributed by atoms with E-state index in [0.29, 0.717) is 47.9 Å². The number of amides is 1. The van der Waals surface area contributed by atoms with Crippen LogP contribution in [0.15, 0.2) is 77.8 Å². The van der Waals surface area contributed by atoms with E-state index >= 15 is 0 Å². The number of nitrogens with zero attached hydrogens (tertiary/aromatic N) is 6. The number of piperazine rings is 1. The second-order valence-corrected chi connectivity index (χ2v) is 12.7. The standard InChI is InChI=1S/C38H44F3N9O/c1-5-48-17-19-49(20-18-48)26-30-10-12-31(22-34(30)38(39,40)41)46-37(51)29-9-8-27(2)28(21-29)11-13-33-25-44-36-35(7-6-15-50(33)36)45-32(23-42)24-43-14-16-47(3)4/h6-10,12,15,21-25,45H,5,14,16-20,26,42H2,1-4H3,(H,46,51). The molecule has 51 heavy (non-hydrogen) atoms. The molecule has 0 spiro atoms. The van der Waals surface area contributed by atoms with E-state index in [1.165, 1.54) is 18.3 Å². The minimum absolute atomic E-state index is 0.0719. The van der Waals surface area contributed by atoms with Gasteiger partial charge in [-0.2, -0.15) is 13.2 Å². The lowest BCUT2D eigenvalue weighted by Crippen LogP contribution is -2.45. The molecule has 268 valence electrons. The molecule has 10 nitrogen and oxygen atoms in total. The molecule has 1 aliphatic rings. The zero-order valence-corrected chi connectivity index (χ0v) is 29.4. The van der Waals surface area contributed by atoms with Gasteiger partial charge in [-0.1, -0.05) is 25.0 Å². The second-order valence-electron chi connectivity index (χ2n) is 12.7. The molecular weight excluding hydrogens is 655 g/mol. The maximum absolute atomic E-state index is 14.2. The van der Waals surface area contributed by atoms with E-state index in [2.05, 4.69) is 44.3 Å². The van der Waals surface area contributed by atoms with Crippen LogP contribution in [0.5, 0.6) is 0 Å². The molecule has 2 aromatic heterocycles. The molecule has 0 atom stereocenters. The molecule has 0 unspecified atom stereocenters. The fourth-order valence-corrected chi connectivity index (χ4v) is 5.69. The maximum atomic E-state index is 14.2. The van der Waals surface area contributed by atoms with Crippen LogP contribution in [0.4, 0.5) is 24.5 Å². The van der Waals surface area contributed by atoms with E-state index in [-0.39, 0.29) is 23.4 Å². The van der Waals surface area contributed by atoms with Crippen molar-refractivity contribution in [1.29, 1.82) is 0 Å². The number of carbonyl (C=O) groups excluding carboxylic acids is 1. The molecule has 4 aromatic rings. The third-order valence-corrected chi connectivity index (χ3v) is 8.71. The highest BCUT2D eigenvalue weighted by Crippen LogP contribution is 2.35. The summed E-state index contributed by atoms with van der Waals surface area (Å²) in [6, 6.07) is 12.8. The normalized spacial score (nSPS) is 14.6. The van der Waals surface area contributed by atoms with Crippen molar-refractivity contribution in [3.63, 3.8) is 0 Å². The Labute approximate surface area is 296 Å². The van der Waals surface area contributed by atoms with Gasteiger partial charge in [0, 0.05) is 74.7 Å². The van der Waals surface area contributed by atoms with Crippen LogP contribution in [-0.4, -0.2) is 96.1 Å². The van der Waals surface area contributed by atoms with E-state index in [9.17, 15) is 18.0 Å². The van der Waals surface area contributed by atoms with Crippen molar-refractivity contribution in [1.82, 2.24) is 24.1 Å². The Morgan fingerprint density at radius 1 is 1.06 bits per heavy atom. The Kier molecular flexibility index (Phi) is 12.1. The number of aryl methyl sites for hydroxylation is 1. The summed E-state index contributed by atoms with van der Waals surface area (Å²) in [5.41, 5.74) is 9.65. The largest absolute Gasteiger partial charge is 0.416 e. The SMILES string of the molecule is CCN1CCN(Cc2ccc(NC(=O)c3ccc(C)c(C#Cc4cnc5c(NC(C=NCCN(C)C)=CN)cccn45)c3)cc2C(F)(F)F)CC1. The number of hydrogen-bond donors (Lipinski definition) is 3. The first kappa shape index (κ1) is 37.1. The first-order valence-electron chi connectivity index (χ1n) is 16.8. The molecule has 2 aromatic carbocycles. The van der Waals surface area contributed by atoms with Crippen LogP contribution in [0.25, 0.3) is 5.65 Å². The Morgan fingerprint density at radius 2 is 1.82 bits per heavy atom. The molecule has 4 N–H and O–H groups in total. The average Bonchev–Trinajstić information content (AvgIpc) is 3.53. The van der Waals surface area contributed by atoms with Crippen molar-refractivity contribution in [2.24, 2.45) is 10.7 Å². The van der Waals surface area contributed by atoms with Crippen LogP contribution < -0.4 is 16.4 Å². The summed E-state index contributed by atoms with van der Waals surface area (Å²) < 4.78 is 44.3. The maximum Gasteiger partial charge on any atom is 0.416 e. The minimum atomic E-state index is -4.56. The minimum Gasteiger partial charge on any atom is -0.403 e. The number of alkyl halides is 3. The number of benzene rings is 2. The van der Waals surface area contributed by atoms with E-state index < -0.39 is 17.6 Å². The van der Waals surface area contributed by atoms with E-state index in [4.69, 9.17) is 5.73 Å². The fourth-order valence-electron chi connectivity index (χ4n) is 5.69. The van der Waals surface area contributed by atoms with Gasteiger partial charge in [0.15, 0.2) is 5.65 Å². The van der Waals surface area contributed by atoms with E-state index in [0.717, 1.165) is 37.8 Å². The number of rotatable bonds is 11. The highest BCUT2D eigenvalue weighted by atomic mass is 19.4. The molecule has 1 fully saturated rings. The number of aromatic nitrogens is 2. The number of aliphatic imine (C=N–C) groups is 1. The van der Waals surface area contributed by atoms with Crippen molar-refractivity contribution in [2.75, 3.05) is 70.5 Å². The lowest BCUT2D eigenvalue weighted by molar-refractivity contribution is -0.138. The van der Waals surface area contributed by atoms with Gasteiger partial charge in [0.25, 0.3) is 5.91 Å². The van der Waals surface area contributed by atoms with Crippen LogP contribution in [0.3, 0.4) is 0 Å². The molecule has 1 aliphatic heterocycles. The Balaban J connectivity index is 1.31. The highest BCUT2D eigenvalue weighted by molar-refractivity contribution is 6.04. The summed E-state index contributed by atoms with van der Waals surface area (Å²) >= 11 is 0. The monoisotopic (exact) mass is 699 g/mol. The van der Waals surface area contributed by atoms with Crippen LogP contribution in [0, 0.1) is 18.8 Å². The number of nitrogens with one attached hydrogen (secondary N) is 2. The van der Waals surface area contributed by atoms with Gasteiger partial charge in [-0.25, -0.2) is 4.98 Å². The first-order valence-corrected chi connectivity index (χ1v) is 16.8. The number of fused-ring (bicyclic) bond motifs is 1. The van der Waals surface area contributed by atoms with Crippen molar-refractivity contribution in [3.05, 3.63) is 106 Å². The summed E-state index contributed by atoms with van der Waals surface area (Å²) in [4.78, 5) is 28.6. The number of imidazole rings is 1. The molecule has 0 bridgehead atoms. The summed E-state index contributed by atoms with van der Waals surface area (Å²) in [6.45, 7) is 9.59. The summed E-state index contributed by atoms with van der Waals surface area (Å²) in [5.74, 6) is 5.75. The number of nitrogens with two attached hydrogens (primary N) is 1. The van der Waals surface area contributed by atoms with Gasteiger partial charge >= 0.3 is 6.18 Å². The van der Waals surface area contributed by atoms with Gasteiger partial charge in [0.1, 0.15) is 5.69 Å². The Bertz CT molecular complexity index is 1960. The van der Waals surface area contributed by atoms with Crippen molar-refractivity contribution < 1.29 is 18.0 Å².